The summed E-state index contributed by atoms with van der Waals surface area (Å²) < 4.78 is 4.35. The molecule has 1 aliphatic rings. The van der Waals surface area contributed by atoms with Gasteiger partial charge in [-0.3, -0.25) is 9.20 Å². The molecule has 6 rings (SSSR count). The van der Waals surface area contributed by atoms with Crippen LogP contribution in [-0.2, 0) is 13.0 Å². The minimum absolute atomic E-state index is 0.205. The average molecular weight is 549 g/mol. The van der Waals surface area contributed by atoms with E-state index in [4.69, 9.17) is 34.8 Å². The van der Waals surface area contributed by atoms with E-state index in [-0.39, 0.29) is 5.91 Å². The minimum Gasteiger partial charge on any atom is -0.325 e. The molecular weight excluding hydrogens is 525 g/mol. The molecule has 5 aromatic rings. The molecule has 0 spiro atoms. The molecule has 3 heterocycles. The number of imidazole rings is 1. The molecule has 1 amide bonds. The molecular formula is C30H24Cl3N3O. The summed E-state index contributed by atoms with van der Waals surface area (Å²) in [7, 11) is 0. The number of carbonyl (C=O) groups is 1. The molecule has 1 N–H and O–H groups in total. The zero-order chi connectivity index (χ0) is 25.7. The number of carbonyl (C=O) groups excluding carboxylic acids is 1. The number of amides is 1. The summed E-state index contributed by atoms with van der Waals surface area (Å²) in [6.45, 7) is 2.92. The van der Waals surface area contributed by atoms with E-state index in [2.05, 4.69) is 41.1 Å². The fourth-order valence-electron chi connectivity index (χ4n) is 5.27. The molecule has 7 heteroatoms. The van der Waals surface area contributed by atoms with Crippen LogP contribution in [0.25, 0.3) is 28.0 Å². The Balaban J connectivity index is 1.62. The van der Waals surface area contributed by atoms with E-state index in [1.54, 1.807) is 6.07 Å². The third-order valence-electron chi connectivity index (χ3n) is 7.03. The first-order valence-electron chi connectivity index (χ1n) is 12.3. The van der Waals surface area contributed by atoms with Crippen molar-refractivity contribution in [3.8, 4) is 22.4 Å². The first-order chi connectivity index (χ1) is 17.9. The number of hydrogen-bond donors (Lipinski definition) is 1. The summed E-state index contributed by atoms with van der Waals surface area (Å²) in [5.74, 6) is -0.205. The van der Waals surface area contributed by atoms with Gasteiger partial charge in [0.2, 0.25) is 0 Å². The molecule has 2 aromatic heterocycles. The van der Waals surface area contributed by atoms with Crippen LogP contribution >= 0.6 is 34.8 Å². The van der Waals surface area contributed by atoms with E-state index in [0.717, 1.165) is 53.8 Å². The van der Waals surface area contributed by atoms with E-state index in [1.807, 2.05) is 47.0 Å². The van der Waals surface area contributed by atoms with Crippen molar-refractivity contribution in [2.24, 2.45) is 0 Å². The molecule has 3 aromatic carbocycles. The quantitative estimate of drug-likeness (QED) is 0.239. The monoisotopic (exact) mass is 547 g/mol. The number of nitrogens with one attached hydrogen (secondary N) is 1. The van der Waals surface area contributed by atoms with Gasteiger partial charge in [-0.05, 0) is 56.0 Å². The summed E-state index contributed by atoms with van der Waals surface area (Å²) >= 11 is 19.0. The number of benzene rings is 3. The molecule has 0 atom stereocenters. The van der Waals surface area contributed by atoms with Crippen LogP contribution in [0.5, 0.6) is 0 Å². The number of hydrogen-bond acceptors (Lipinski definition) is 1. The maximum atomic E-state index is 14.0. The van der Waals surface area contributed by atoms with Crippen molar-refractivity contribution in [1.82, 2.24) is 8.97 Å². The first-order valence-corrected chi connectivity index (χ1v) is 13.4. The maximum Gasteiger partial charge on any atom is 0.273 e. The Morgan fingerprint density at radius 1 is 0.865 bits per heavy atom. The number of rotatable bonds is 4. The Morgan fingerprint density at radius 3 is 2.38 bits per heavy atom. The molecule has 4 nitrogen and oxygen atoms in total. The predicted molar refractivity (Wildman–Crippen MR) is 153 cm³/mol. The lowest BCUT2D eigenvalue weighted by atomic mass is 9.97. The molecule has 37 heavy (non-hydrogen) atoms. The number of anilines is 1. The molecule has 0 bridgehead atoms. The highest BCUT2D eigenvalue weighted by molar-refractivity contribution is 6.42. The van der Waals surface area contributed by atoms with E-state index >= 15 is 0 Å². The van der Waals surface area contributed by atoms with E-state index in [9.17, 15) is 4.79 Å². The maximum absolute atomic E-state index is 14.0. The van der Waals surface area contributed by atoms with Crippen molar-refractivity contribution in [3.05, 3.63) is 105 Å². The third kappa shape index (κ3) is 4.23. The number of para-hydroxylation sites is 1. The lowest BCUT2D eigenvalue weighted by molar-refractivity contribution is 0.102. The zero-order valence-corrected chi connectivity index (χ0v) is 22.5. The smallest absolute Gasteiger partial charge is 0.273 e. The molecule has 0 unspecified atom stereocenters. The van der Waals surface area contributed by atoms with Gasteiger partial charge >= 0.3 is 0 Å². The molecule has 0 fully saturated rings. The molecule has 1 aliphatic heterocycles. The number of nitrogens with zero attached hydrogens (tertiary/aromatic N) is 2. The Morgan fingerprint density at radius 2 is 1.62 bits per heavy atom. The summed E-state index contributed by atoms with van der Waals surface area (Å²) in [6, 6.07) is 21.3. The highest BCUT2D eigenvalue weighted by atomic mass is 35.5. The van der Waals surface area contributed by atoms with Gasteiger partial charge in [-0.15, -0.1) is 0 Å². The Hall–Kier alpha value is -3.18. The van der Waals surface area contributed by atoms with Gasteiger partial charge in [0.15, 0.2) is 0 Å². The number of aromatic nitrogens is 2. The second-order valence-corrected chi connectivity index (χ2v) is 10.7. The van der Waals surface area contributed by atoms with E-state index in [1.165, 1.54) is 11.1 Å². The van der Waals surface area contributed by atoms with Crippen molar-refractivity contribution in [1.29, 1.82) is 0 Å². The normalized spacial score (nSPS) is 13.1. The second kappa shape index (κ2) is 9.60. The van der Waals surface area contributed by atoms with Crippen LogP contribution in [-0.4, -0.2) is 14.9 Å². The Kier molecular flexibility index (Phi) is 6.28. The molecule has 0 saturated carbocycles. The van der Waals surface area contributed by atoms with Gasteiger partial charge in [-0.25, -0.2) is 0 Å². The first kappa shape index (κ1) is 24.2. The lowest BCUT2D eigenvalue weighted by Crippen LogP contribution is -2.15. The van der Waals surface area contributed by atoms with Crippen molar-refractivity contribution in [2.75, 3.05) is 5.32 Å². The summed E-state index contributed by atoms with van der Waals surface area (Å²) in [4.78, 5) is 14.0. The van der Waals surface area contributed by atoms with Gasteiger partial charge in [0, 0.05) is 29.4 Å². The number of aryl methyl sites for hydroxylation is 3. The largest absolute Gasteiger partial charge is 0.325 e. The van der Waals surface area contributed by atoms with Crippen LogP contribution in [0.4, 0.5) is 5.69 Å². The summed E-state index contributed by atoms with van der Waals surface area (Å²) in [5.41, 5.74) is 8.52. The standard InChI is InChI=1S/C30H24Cl3N3O/c1-18-9-11-19(12-10-18)27-21-6-4-5-15-35-26(20-13-14-22(31)24(33)16-20)17-36(30(21)35)28(27)29(37)34-25-8-3-2-7-23(25)32/h2-3,7-14,16-17H,4-6,15H2,1H3,(H,34,37). The fraction of sp³-hybridized carbons (Fsp3) is 0.167. The van der Waals surface area contributed by atoms with Gasteiger partial charge in [-0.1, -0.05) is 82.8 Å². The van der Waals surface area contributed by atoms with Gasteiger partial charge < -0.3 is 9.88 Å². The van der Waals surface area contributed by atoms with Crippen molar-refractivity contribution in [3.63, 3.8) is 0 Å². The van der Waals surface area contributed by atoms with Gasteiger partial charge in [-0.2, -0.15) is 0 Å². The molecule has 0 saturated heterocycles. The van der Waals surface area contributed by atoms with Gasteiger partial charge in [0.05, 0.1) is 26.4 Å². The van der Waals surface area contributed by atoms with E-state index in [0.29, 0.717) is 26.4 Å². The fourth-order valence-corrected chi connectivity index (χ4v) is 5.75. The highest BCUT2D eigenvalue weighted by Crippen LogP contribution is 2.40. The van der Waals surface area contributed by atoms with Crippen LogP contribution in [0.15, 0.2) is 72.9 Å². The van der Waals surface area contributed by atoms with Crippen LogP contribution < -0.4 is 5.32 Å². The third-order valence-corrected chi connectivity index (χ3v) is 8.10. The highest BCUT2D eigenvalue weighted by Gasteiger charge is 2.30. The molecule has 186 valence electrons. The van der Waals surface area contributed by atoms with Crippen LogP contribution in [0.2, 0.25) is 15.1 Å². The van der Waals surface area contributed by atoms with Crippen LogP contribution in [0, 0.1) is 6.92 Å². The molecule has 0 aliphatic carbocycles. The predicted octanol–water partition coefficient (Wildman–Crippen LogP) is 8.93. The average Bonchev–Trinajstić information content (AvgIpc) is 3.30. The number of halogens is 3. The van der Waals surface area contributed by atoms with E-state index < -0.39 is 0 Å². The van der Waals surface area contributed by atoms with Gasteiger partial charge in [0.1, 0.15) is 11.3 Å². The SMILES string of the molecule is Cc1ccc(-c2c3c4n(c(-c5ccc(Cl)c(Cl)c5)cn4c2C(=O)Nc2ccccc2Cl)CCCC3)cc1. The zero-order valence-electron chi connectivity index (χ0n) is 20.2. The summed E-state index contributed by atoms with van der Waals surface area (Å²) in [6.07, 6.45) is 5.01. The topological polar surface area (TPSA) is 38.4 Å². The van der Waals surface area contributed by atoms with Gasteiger partial charge in [0.25, 0.3) is 5.91 Å². The van der Waals surface area contributed by atoms with Crippen molar-refractivity contribution >= 4 is 52.0 Å². The van der Waals surface area contributed by atoms with Crippen molar-refractivity contribution < 1.29 is 4.79 Å². The van der Waals surface area contributed by atoms with Crippen LogP contribution in [0.3, 0.4) is 0 Å². The van der Waals surface area contributed by atoms with Crippen LogP contribution in [0.1, 0.15) is 34.5 Å². The van der Waals surface area contributed by atoms with Crippen molar-refractivity contribution in [2.45, 2.75) is 32.7 Å². The minimum atomic E-state index is -0.205. The summed E-state index contributed by atoms with van der Waals surface area (Å²) in [5, 5.41) is 4.57. The molecule has 0 radical (unpaired) electrons. The Labute approximate surface area is 230 Å². The lowest BCUT2D eigenvalue weighted by Gasteiger charge is -2.11. The second-order valence-electron chi connectivity index (χ2n) is 9.45. The Bertz CT molecular complexity index is 1660.